The predicted molar refractivity (Wildman–Crippen MR) is 119 cm³/mol. The van der Waals surface area contributed by atoms with Crippen LogP contribution < -0.4 is 10.9 Å². The fourth-order valence-electron chi connectivity index (χ4n) is 3.69. The van der Waals surface area contributed by atoms with Crippen LogP contribution in [0.4, 0.5) is 5.69 Å². The van der Waals surface area contributed by atoms with Gasteiger partial charge in [-0.05, 0) is 30.2 Å². The molecule has 0 bridgehead atoms. The summed E-state index contributed by atoms with van der Waals surface area (Å²) in [5.74, 6) is -0.755. The van der Waals surface area contributed by atoms with Gasteiger partial charge in [0, 0.05) is 7.05 Å². The van der Waals surface area contributed by atoms with E-state index >= 15 is 0 Å². The normalized spacial score (nSPS) is 10.9. The van der Waals surface area contributed by atoms with Gasteiger partial charge in [0.25, 0.3) is 5.56 Å². The quantitative estimate of drug-likeness (QED) is 0.547. The highest BCUT2D eigenvalue weighted by Crippen LogP contribution is 2.26. The van der Waals surface area contributed by atoms with Gasteiger partial charge in [-0.15, -0.1) is 0 Å². The van der Waals surface area contributed by atoms with Crippen molar-refractivity contribution in [3.63, 3.8) is 0 Å². The number of amides is 1. The van der Waals surface area contributed by atoms with Gasteiger partial charge in [-0.3, -0.25) is 14.3 Å². The standard InChI is InChI=1S/C25H23N3O2/c1-18-23(25(30)28(27(18)2)21-16-10-5-11-17-21)26-24(29)22(19-12-6-3-7-13-19)20-14-8-4-9-15-20/h3-17,22H,1-2H3,(H,26,29). The van der Waals surface area contributed by atoms with Gasteiger partial charge in [-0.2, -0.15) is 0 Å². The molecule has 0 unspecified atom stereocenters. The van der Waals surface area contributed by atoms with Gasteiger partial charge in [0.05, 0.1) is 17.3 Å². The molecule has 1 heterocycles. The summed E-state index contributed by atoms with van der Waals surface area (Å²) in [5, 5.41) is 2.91. The maximum atomic E-state index is 13.4. The van der Waals surface area contributed by atoms with Crippen molar-refractivity contribution in [2.45, 2.75) is 12.8 Å². The van der Waals surface area contributed by atoms with Crippen LogP contribution in [0.2, 0.25) is 0 Å². The third-order valence-electron chi connectivity index (χ3n) is 5.33. The third kappa shape index (κ3) is 3.57. The molecule has 1 aromatic heterocycles. The number of anilines is 1. The molecule has 0 atom stereocenters. The summed E-state index contributed by atoms with van der Waals surface area (Å²) in [5.41, 5.74) is 3.22. The summed E-state index contributed by atoms with van der Waals surface area (Å²) in [7, 11) is 1.81. The molecule has 150 valence electrons. The molecule has 1 N–H and O–H groups in total. The van der Waals surface area contributed by atoms with E-state index in [9.17, 15) is 9.59 Å². The monoisotopic (exact) mass is 397 g/mol. The van der Waals surface area contributed by atoms with E-state index in [-0.39, 0.29) is 11.5 Å². The molecule has 0 aliphatic carbocycles. The molecule has 0 aliphatic heterocycles. The van der Waals surface area contributed by atoms with Crippen LogP contribution in [0.1, 0.15) is 22.7 Å². The van der Waals surface area contributed by atoms with Crippen molar-refractivity contribution < 1.29 is 4.79 Å². The van der Waals surface area contributed by atoms with E-state index < -0.39 is 5.92 Å². The number of hydrogen-bond acceptors (Lipinski definition) is 2. The predicted octanol–water partition coefficient (Wildman–Crippen LogP) is 4.26. The molecule has 0 radical (unpaired) electrons. The number of rotatable bonds is 5. The van der Waals surface area contributed by atoms with Crippen LogP contribution in [-0.4, -0.2) is 15.3 Å². The van der Waals surface area contributed by atoms with Gasteiger partial charge in [-0.25, -0.2) is 4.68 Å². The number of hydrogen-bond donors (Lipinski definition) is 1. The van der Waals surface area contributed by atoms with E-state index in [1.807, 2.05) is 105 Å². The Hall–Kier alpha value is -3.86. The summed E-state index contributed by atoms with van der Waals surface area (Å²) < 4.78 is 3.32. The Morgan fingerprint density at radius 1 is 0.800 bits per heavy atom. The Balaban J connectivity index is 1.75. The number of para-hydroxylation sites is 1. The van der Waals surface area contributed by atoms with Gasteiger partial charge >= 0.3 is 0 Å². The van der Waals surface area contributed by atoms with Gasteiger partial charge < -0.3 is 5.32 Å². The molecule has 4 rings (SSSR count). The van der Waals surface area contributed by atoms with Crippen LogP contribution in [0.3, 0.4) is 0 Å². The lowest BCUT2D eigenvalue weighted by molar-refractivity contribution is -0.116. The Labute approximate surface area is 175 Å². The molecule has 0 aliphatic rings. The molecule has 5 nitrogen and oxygen atoms in total. The van der Waals surface area contributed by atoms with Gasteiger partial charge in [-0.1, -0.05) is 78.9 Å². The largest absolute Gasteiger partial charge is 0.319 e. The highest BCUT2D eigenvalue weighted by molar-refractivity contribution is 5.98. The lowest BCUT2D eigenvalue weighted by Crippen LogP contribution is -2.26. The number of carbonyl (C=O) groups excluding carboxylic acids is 1. The summed E-state index contributed by atoms with van der Waals surface area (Å²) in [6.07, 6.45) is 0. The molecule has 1 amide bonds. The lowest BCUT2D eigenvalue weighted by atomic mass is 9.90. The van der Waals surface area contributed by atoms with Gasteiger partial charge in [0.15, 0.2) is 0 Å². The molecule has 0 spiro atoms. The molecule has 0 fully saturated rings. The average molecular weight is 397 g/mol. The molecule has 5 heteroatoms. The van der Waals surface area contributed by atoms with Crippen LogP contribution in [0, 0.1) is 6.92 Å². The van der Waals surface area contributed by atoms with Crippen molar-refractivity contribution in [1.82, 2.24) is 9.36 Å². The molecule has 3 aromatic carbocycles. The minimum absolute atomic E-state index is 0.238. The van der Waals surface area contributed by atoms with Crippen LogP contribution in [-0.2, 0) is 11.8 Å². The van der Waals surface area contributed by atoms with Crippen LogP contribution in [0.5, 0.6) is 0 Å². The first-order chi connectivity index (χ1) is 14.6. The first-order valence-electron chi connectivity index (χ1n) is 9.82. The fourth-order valence-corrected chi connectivity index (χ4v) is 3.69. The second-order valence-corrected chi connectivity index (χ2v) is 7.18. The molecule has 0 saturated carbocycles. The zero-order chi connectivity index (χ0) is 21.1. The zero-order valence-electron chi connectivity index (χ0n) is 16.9. The van der Waals surface area contributed by atoms with E-state index in [1.165, 1.54) is 0 Å². The van der Waals surface area contributed by atoms with E-state index in [0.29, 0.717) is 11.4 Å². The van der Waals surface area contributed by atoms with Gasteiger partial charge in [0.1, 0.15) is 5.69 Å². The Bertz CT molecular complexity index is 1170. The van der Waals surface area contributed by atoms with Crippen molar-refractivity contribution in [3.8, 4) is 5.69 Å². The molecule has 30 heavy (non-hydrogen) atoms. The molecule has 0 saturated heterocycles. The van der Waals surface area contributed by atoms with Crippen molar-refractivity contribution in [2.75, 3.05) is 5.32 Å². The highest BCUT2D eigenvalue weighted by atomic mass is 16.2. The number of nitrogens with zero attached hydrogens (tertiary/aromatic N) is 2. The Morgan fingerprint density at radius 3 is 1.77 bits per heavy atom. The number of nitrogens with one attached hydrogen (secondary N) is 1. The smallest absolute Gasteiger partial charge is 0.295 e. The fraction of sp³-hybridized carbons (Fsp3) is 0.120. The summed E-state index contributed by atoms with van der Waals surface area (Å²) in [4.78, 5) is 26.6. The second kappa shape index (κ2) is 8.25. The van der Waals surface area contributed by atoms with Crippen LogP contribution in [0.25, 0.3) is 5.69 Å². The van der Waals surface area contributed by atoms with Crippen LogP contribution >= 0.6 is 0 Å². The first kappa shape index (κ1) is 19.5. The lowest BCUT2D eigenvalue weighted by Gasteiger charge is -2.17. The maximum absolute atomic E-state index is 13.4. The second-order valence-electron chi connectivity index (χ2n) is 7.18. The minimum atomic E-state index is -0.517. The maximum Gasteiger partial charge on any atom is 0.295 e. The summed E-state index contributed by atoms with van der Waals surface area (Å²) in [6, 6.07) is 28.6. The number of benzene rings is 3. The molecular formula is C25H23N3O2. The Morgan fingerprint density at radius 2 is 1.27 bits per heavy atom. The topological polar surface area (TPSA) is 56.0 Å². The van der Waals surface area contributed by atoms with E-state index in [2.05, 4.69) is 5.32 Å². The number of aromatic nitrogens is 2. The Kier molecular flexibility index (Phi) is 5.35. The third-order valence-corrected chi connectivity index (χ3v) is 5.33. The van der Waals surface area contributed by atoms with Crippen molar-refractivity contribution in [3.05, 3.63) is 118 Å². The van der Waals surface area contributed by atoms with E-state index in [1.54, 1.807) is 9.36 Å². The van der Waals surface area contributed by atoms with E-state index in [0.717, 1.165) is 16.8 Å². The first-order valence-corrected chi connectivity index (χ1v) is 9.82. The summed E-state index contributed by atoms with van der Waals surface area (Å²) in [6.45, 7) is 1.83. The van der Waals surface area contributed by atoms with E-state index in [4.69, 9.17) is 0 Å². The SMILES string of the molecule is Cc1c(NC(=O)C(c2ccccc2)c2ccccc2)c(=O)n(-c2ccccc2)n1C. The van der Waals surface area contributed by atoms with Gasteiger partial charge in [0.2, 0.25) is 5.91 Å². The minimum Gasteiger partial charge on any atom is -0.319 e. The van der Waals surface area contributed by atoms with Crippen molar-refractivity contribution >= 4 is 11.6 Å². The highest BCUT2D eigenvalue weighted by Gasteiger charge is 2.26. The van der Waals surface area contributed by atoms with Crippen molar-refractivity contribution in [1.29, 1.82) is 0 Å². The summed E-state index contributed by atoms with van der Waals surface area (Å²) >= 11 is 0. The zero-order valence-corrected chi connectivity index (χ0v) is 16.9. The molecule has 4 aromatic rings. The van der Waals surface area contributed by atoms with Crippen molar-refractivity contribution in [2.24, 2.45) is 7.05 Å². The molecular weight excluding hydrogens is 374 g/mol. The van der Waals surface area contributed by atoms with Crippen LogP contribution in [0.15, 0.2) is 95.8 Å². The average Bonchev–Trinajstić information content (AvgIpc) is 2.99. The number of carbonyl (C=O) groups is 1.